The van der Waals surface area contributed by atoms with E-state index in [1.807, 2.05) is 0 Å². The maximum absolute atomic E-state index is 5.83. The predicted octanol–water partition coefficient (Wildman–Crippen LogP) is 2.74. The first-order chi connectivity index (χ1) is 5.06. The molecule has 1 saturated carbocycles. The Morgan fingerprint density at radius 2 is 2.00 bits per heavy atom. The Bertz CT molecular complexity index is 168. The van der Waals surface area contributed by atoms with Crippen LogP contribution < -0.4 is 0 Å². The summed E-state index contributed by atoms with van der Waals surface area (Å²) in [5, 5.41) is 0. The highest BCUT2D eigenvalue weighted by atomic mass is 16.6. The molecule has 2 rings (SSSR count). The summed E-state index contributed by atoms with van der Waals surface area (Å²) in [6.07, 6.45) is 5.95. The molecule has 64 valence electrons. The quantitative estimate of drug-likeness (QED) is 0.489. The maximum atomic E-state index is 5.83. The Labute approximate surface area is 69.1 Å². The van der Waals surface area contributed by atoms with Gasteiger partial charge in [0.1, 0.15) is 0 Å². The number of hydrogen-bond donors (Lipinski definition) is 0. The Kier molecular flexibility index (Phi) is 1.39. The maximum Gasteiger partial charge on any atom is 0.0996 e. The van der Waals surface area contributed by atoms with Crippen LogP contribution in [0.5, 0.6) is 0 Å². The van der Waals surface area contributed by atoms with Crippen LogP contribution in [0.25, 0.3) is 0 Å². The number of ether oxygens (including phenoxy) is 1. The minimum absolute atomic E-state index is 0.283. The van der Waals surface area contributed by atoms with Gasteiger partial charge in [-0.3, -0.25) is 0 Å². The van der Waals surface area contributed by atoms with Gasteiger partial charge in [0.25, 0.3) is 0 Å². The highest BCUT2D eigenvalue weighted by Gasteiger charge is 2.63. The first-order valence-electron chi connectivity index (χ1n) is 4.74. The molecule has 0 bridgehead atoms. The molecule has 1 saturated heterocycles. The van der Waals surface area contributed by atoms with E-state index >= 15 is 0 Å². The van der Waals surface area contributed by atoms with Crippen LogP contribution in [0.1, 0.15) is 46.5 Å². The molecule has 0 unspecified atom stereocenters. The molecule has 2 fully saturated rings. The van der Waals surface area contributed by atoms with E-state index in [2.05, 4.69) is 20.8 Å². The van der Waals surface area contributed by atoms with E-state index in [4.69, 9.17) is 4.74 Å². The standard InChI is InChI=1S/C10H18O/c1-9(2,3)10-7-5-4-6-8(10)11-10/h8H,4-7H2,1-3H3/t8-,10+/m1/s1. The van der Waals surface area contributed by atoms with E-state index < -0.39 is 0 Å². The molecule has 0 radical (unpaired) electrons. The average molecular weight is 154 g/mol. The van der Waals surface area contributed by atoms with E-state index in [-0.39, 0.29) is 5.60 Å². The first kappa shape index (κ1) is 7.60. The monoisotopic (exact) mass is 154 g/mol. The van der Waals surface area contributed by atoms with Gasteiger partial charge in [0, 0.05) is 0 Å². The van der Waals surface area contributed by atoms with Crippen molar-refractivity contribution in [3.8, 4) is 0 Å². The summed E-state index contributed by atoms with van der Waals surface area (Å²) in [5.41, 5.74) is 0.642. The van der Waals surface area contributed by atoms with Gasteiger partial charge in [-0.05, 0) is 18.3 Å². The van der Waals surface area contributed by atoms with Crippen molar-refractivity contribution in [1.29, 1.82) is 0 Å². The molecular formula is C10H18O. The number of hydrogen-bond acceptors (Lipinski definition) is 1. The van der Waals surface area contributed by atoms with Gasteiger partial charge in [-0.2, -0.15) is 0 Å². The molecule has 1 aliphatic carbocycles. The summed E-state index contributed by atoms with van der Waals surface area (Å²) in [5.74, 6) is 0. The summed E-state index contributed by atoms with van der Waals surface area (Å²) in [6, 6.07) is 0. The Hall–Kier alpha value is -0.0400. The third-order valence-electron chi connectivity index (χ3n) is 3.35. The molecule has 1 heterocycles. The second kappa shape index (κ2) is 2.01. The van der Waals surface area contributed by atoms with Crippen molar-refractivity contribution in [2.75, 3.05) is 0 Å². The van der Waals surface area contributed by atoms with Crippen molar-refractivity contribution >= 4 is 0 Å². The van der Waals surface area contributed by atoms with Gasteiger partial charge >= 0.3 is 0 Å². The van der Waals surface area contributed by atoms with E-state index in [1.165, 1.54) is 25.7 Å². The lowest BCUT2D eigenvalue weighted by Gasteiger charge is -2.30. The molecule has 1 heteroatoms. The van der Waals surface area contributed by atoms with Gasteiger partial charge in [0.15, 0.2) is 0 Å². The van der Waals surface area contributed by atoms with E-state index in [9.17, 15) is 0 Å². The van der Waals surface area contributed by atoms with Crippen LogP contribution in [0.15, 0.2) is 0 Å². The third kappa shape index (κ3) is 0.936. The Balaban J connectivity index is 2.13. The zero-order valence-corrected chi connectivity index (χ0v) is 7.81. The second-order valence-electron chi connectivity index (χ2n) is 4.99. The average Bonchev–Trinajstić information content (AvgIpc) is 2.59. The molecule has 0 aromatic heterocycles. The minimum atomic E-state index is 0.283. The molecule has 1 nitrogen and oxygen atoms in total. The lowest BCUT2D eigenvalue weighted by molar-refractivity contribution is 0.143. The molecule has 1 aliphatic heterocycles. The first-order valence-corrected chi connectivity index (χ1v) is 4.74. The molecule has 0 amide bonds. The molecule has 0 aromatic carbocycles. The smallest absolute Gasteiger partial charge is 0.0996 e. The minimum Gasteiger partial charge on any atom is -0.365 e. The van der Waals surface area contributed by atoms with Gasteiger partial charge < -0.3 is 4.74 Å². The van der Waals surface area contributed by atoms with Crippen molar-refractivity contribution in [3.05, 3.63) is 0 Å². The van der Waals surface area contributed by atoms with E-state index in [1.54, 1.807) is 0 Å². The van der Waals surface area contributed by atoms with E-state index in [0.717, 1.165) is 0 Å². The van der Waals surface area contributed by atoms with Gasteiger partial charge in [-0.15, -0.1) is 0 Å². The molecule has 11 heavy (non-hydrogen) atoms. The van der Waals surface area contributed by atoms with Crippen LogP contribution in [0.4, 0.5) is 0 Å². The third-order valence-corrected chi connectivity index (χ3v) is 3.35. The normalized spacial score (nSPS) is 43.4. The molecule has 2 aliphatic rings. The fraction of sp³-hybridized carbons (Fsp3) is 1.00. The summed E-state index contributed by atoms with van der Waals surface area (Å²) in [4.78, 5) is 0. The topological polar surface area (TPSA) is 12.5 Å². The van der Waals surface area contributed by atoms with Crippen LogP contribution >= 0.6 is 0 Å². The van der Waals surface area contributed by atoms with Crippen molar-refractivity contribution in [1.82, 2.24) is 0 Å². The van der Waals surface area contributed by atoms with E-state index in [0.29, 0.717) is 11.5 Å². The number of fused-ring (bicyclic) bond motifs is 1. The van der Waals surface area contributed by atoms with Crippen molar-refractivity contribution in [2.45, 2.75) is 58.2 Å². The van der Waals surface area contributed by atoms with Gasteiger partial charge in [-0.25, -0.2) is 0 Å². The van der Waals surface area contributed by atoms with Crippen molar-refractivity contribution < 1.29 is 4.74 Å². The van der Waals surface area contributed by atoms with Crippen LogP contribution in [0.2, 0.25) is 0 Å². The summed E-state index contributed by atoms with van der Waals surface area (Å²) in [7, 11) is 0. The van der Waals surface area contributed by atoms with Gasteiger partial charge in [-0.1, -0.05) is 33.6 Å². The molecule has 0 spiro atoms. The highest BCUT2D eigenvalue weighted by molar-refractivity contribution is 5.11. The summed E-state index contributed by atoms with van der Waals surface area (Å²) < 4.78 is 5.83. The van der Waals surface area contributed by atoms with Gasteiger partial charge in [0.05, 0.1) is 11.7 Å². The fourth-order valence-corrected chi connectivity index (χ4v) is 2.48. The summed E-state index contributed by atoms with van der Waals surface area (Å²) in [6.45, 7) is 6.91. The predicted molar refractivity (Wildman–Crippen MR) is 45.5 cm³/mol. The number of rotatable bonds is 0. The fourth-order valence-electron chi connectivity index (χ4n) is 2.48. The van der Waals surface area contributed by atoms with Crippen LogP contribution in [-0.2, 0) is 4.74 Å². The molecular weight excluding hydrogens is 136 g/mol. The molecule has 0 N–H and O–H groups in total. The van der Waals surface area contributed by atoms with Crippen molar-refractivity contribution in [3.63, 3.8) is 0 Å². The Morgan fingerprint density at radius 3 is 2.45 bits per heavy atom. The molecule has 0 aromatic rings. The lowest BCUT2D eigenvalue weighted by atomic mass is 9.72. The zero-order valence-electron chi connectivity index (χ0n) is 7.81. The Morgan fingerprint density at radius 1 is 1.27 bits per heavy atom. The molecule has 2 atom stereocenters. The lowest BCUT2D eigenvalue weighted by Crippen LogP contribution is -2.34. The van der Waals surface area contributed by atoms with Crippen LogP contribution in [0, 0.1) is 5.41 Å². The number of epoxide rings is 1. The highest BCUT2D eigenvalue weighted by Crippen LogP contribution is 2.57. The SMILES string of the molecule is CC(C)(C)[C@]12CCCC[C@H]1O2. The largest absolute Gasteiger partial charge is 0.365 e. The van der Waals surface area contributed by atoms with Gasteiger partial charge in [0.2, 0.25) is 0 Å². The second-order valence-corrected chi connectivity index (χ2v) is 4.99. The van der Waals surface area contributed by atoms with Crippen LogP contribution in [-0.4, -0.2) is 11.7 Å². The summed E-state index contributed by atoms with van der Waals surface area (Å²) >= 11 is 0. The zero-order chi connectivity index (χ0) is 8.11. The van der Waals surface area contributed by atoms with Crippen LogP contribution in [0.3, 0.4) is 0 Å². The van der Waals surface area contributed by atoms with Crippen molar-refractivity contribution in [2.24, 2.45) is 5.41 Å².